The van der Waals surface area contributed by atoms with Crippen molar-refractivity contribution in [2.24, 2.45) is 0 Å². The standard InChI is InChI=1S/C26H24FN3O3/c27-21-10-8-20(9-11-21)25(32)29(15-14-18-4-2-1-3-5-18)23-16-24(31)30(26(23)33)22-12-6-19(17-28)7-13-22/h4,6-13,23H,1-3,5,14-16H2. The van der Waals surface area contributed by atoms with Crippen LogP contribution in [0.25, 0.3) is 0 Å². The summed E-state index contributed by atoms with van der Waals surface area (Å²) < 4.78 is 13.4. The van der Waals surface area contributed by atoms with E-state index in [1.54, 1.807) is 24.3 Å². The average Bonchev–Trinajstić information content (AvgIpc) is 3.13. The molecule has 1 unspecified atom stereocenters. The van der Waals surface area contributed by atoms with Crippen LogP contribution >= 0.6 is 0 Å². The number of anilines is 1. The van der Waals surface area contributed by atoms with E-state index in [-0.39, 0.29) is 12.0 Å². The average molecular weight is 445 g/mol. The van der Waals surface area contributed by atoms with Gasteiger partial charge in [-0.3, -0.25) is 14.4 Å². The predicted octanol–water partition coefficient (Wildman–Crippen LogP) is 4.36. The van der Waals surface area contributed by atoms with Gasteiger partial charge in [-0.1, -0.05) is 11.6 Å². The van der Waals surface area contributed by atoms with Crippen molar-refractivity contribution in [3.05, 3.63) is 77.1 Å². The first-order valence-corrected chi connectivity index (χ1v) is 11.1. The highest BCUT2D eigenvalue weighted by Crippen LogP contribution is 2.28. The van der Waals surface area contributed by atoms with Crippen molar-refractivity contribution >= 4 is 23.4 Å². The fourth-order valence-corrected chi connectivity index (χ4v) is 4.37. The number of nitrogens with zero attached hydrogens (tertiary/aromatic N) is 3. The summed E-state index contributed by atoms with van der Waals surface area (Å²) in [6.07, 6.45) is 6.92. The van der Waals surface area contributed by atoms with Gasteiger partial charge in [0.05, 0.1) is 23.7 Å². The molecule has 0 aromatic heterocycles. The molecule has 1 saturated heterocycles. The van der Waals surface area contributed by atoms with Gasteiger partial charge in [0.15, 0.2) is 0 Å². The Morgan fingerprint density at radius 1 is 1.09 bits per heavy atom. The second kappa shape index (κ2) is 9.78. The van der Waals surface area contributed by atoms with Crippen LogP contribution in [-0.2, 0) is 9.59 Å². The third kappa shape index (κ3) is 4.85. The van der Waals surface area contributed by atoms with E-state index in [9.17, 15) is 18.8 Å². The highest BCUT2D eigenvalue weighted by Gasteiger charge is 2.44. The van der Waals surface area contributed by atoms with Crippen LogP contribution in [0.4, 0.5) is 10.1 Å². The first kappa shape index (κ1) is 22.4. The maximum absolute atomic E-state index is 13.4. The van der Waals surface area contributed by atoms with Gasteiger partial charge in [0, 0.05) is 12.1 Å². The molecule has 1 fully saturated rings. The zero-order valence-corrected chi connectivity index (χ0v) is 18.2. The van der Waals surface area contributed by atoms with Crippen LogP contribution < -0.4 is 4.90 Å². The van der Waals surface area contributed by atoms with E-state index in [2.05, 4.69) is 6.08 Å². The summed E-state index contributed by atoms with van der Waals surface area (Å²) in [5, 5.41) is 9.00. The summed E-state index contributed by atoms with van der Waals surface area (Å²) in [4.78, 5) is 42.0. The first-order valence-electron chi connectivity index (χ1n) is 11.1. The van der Waals surface area contributed by atoms with Crippen LogP contribution in [0.15, 0.2) is 60.2 Å². The third-order valence-corrected chi connectivity index (χ3v) is 6.16. The Morgan fingerprint density at radius 3 is 2.45 bits per heavy atom. The van der Waals surface area contributed by atoms with E-state index < -0.39 is 29.6 Å². The maximum atomic E-state index is 13.4. The van der Waals surface area contributed by atoms with Crippen molar-refractivity contribution < 1.29 is 18.8 Å². The molecule has 168 valence electrons. The summed E-state index contributed by atoms with van der Waals surface area (Å²) in [6, 6.07) is 12.5. The Bertz CT molecular complexity index is 1130. The van der Waals surface area contributed by atoms with Crippen molar-refractivity contribution in [2.45, 2.75) is 44.6 Å². The van der Waals surface area contributed by atoms with E-state index in [1.807, 2.05) is 6.07 Å². The maximum Gasteiger partial charge on any atom is 0.257 e. The van der Waals surface area contributed by atoms with Gasteiger partial charge in [0.2, 0.25) is 5.91 Å². The van der Waals surface area contributed by atoms with Gasteiger partial charge >= 0.3 is 0 Å². The Hall–Kier alpha value is -3.79. The lowest BCUT2D eigenvalue weighted by Crippen LogP contribution is -2.46. The number of carbonyl (C=O) groups is 3. The lowest BCUT2D eigenvalue weighted by Gasteiger charge is -2.28. The highest BCUT2D eigenvalue weighted by atomic mass is 19.1. The Labute approximate surface area is 191 Å². The molecule has 33 heavy (non-hydrogen) atoms. The lowest BCUT2D eigenvalue weighted by atomic mass is 9.96. The van der Waals surface area contributed by atoms with E-state index >= 15 is 0 Å². The number of nitriles is 1. The lowest BCUT2D eigenvalue weighted by molar-refractivity contribution is -0.122. The summed E-state index contributed by atoms with van der Waals surface area (Å²) in [6.45, 7) is 0.299. The molecular weight excluding hydrogens is 421 g/mol. The number of carbonyl (C=O) groups excluding carboxylic acids is 3. The molecule has 1 heterocycles. The van der Waals surface area contributed by atoms with E-state index in [0.29, 0.717) is 24.2 Å². The molecule has 1 aliphatic carbocycles. The molecule has 0 radical (unpaired) electrons. The number of rotatable bonds is 6. The molecule has 0 saturated carbocycles. The fraction of sp³-hybridized carbons (Fsp3) is 0.308. The van der Waals surface area contributed by atoms with Crippen LogP contribution in [0.5, 0.6) is 0 Å². The van der Waals surface area contributed by atoms with Crippen molar-refractivity contribution in [1.82, 2.24) is 4.90 Å². The molecule has 4 rings (SSSR count). The first-order chi connectivity index (χ1) is 16.0. The number of hydrogen-bond donors (Lipinski definition) is 0. The van der Waals surface area contributed by atoms with Crippen molar-refractivity contribution in [3.8, 4) is 6.07 Å². The number of hydrogen-bond acceptors (Lipinski definition) is 4. The molecule has 0 N–H and O–H groups in total. The zero-order chi connectivity index (χ0) is 23.4. The van der Waals surface area contributed by atoms with Crippen molar-refractivity contribution in [3.63, 3.8) is 0 Å². The number of allylic oxidation sites excluding steroid dienone is 1. The second-order valence-corrected chi connectivity index (χ2v) is 8.31. The van der Waals surface area contributed by atoms with Crippen LogP contribution in [-0.4, -0.2) is 35.2 Å². The fourth-order valence-electron chi connectivity index (χ4n) is 4.37. The molecular formula is C26H24FN3O3. The van der Waals surface area contributed by atoms with Gasteiger partial charge in [0.1, 0.15) is 11.9 Å². The third-order valence-electron chi connectivity index (χ3n) is 6.16. The van der Waals surface area contributed by atoms with Gasteiger partial charge in [-0.25, -0.2) is 9.29 Å². The topological polar surface area (TPSA) is 81.5 Å². The largest absolute Gasteiger partial charge is 0.326 e. The number of amides is 3. The molecule has 7 heteroatoms. The molecule has 2 aliphatic rings. The van der Waals surface area contributed by atoms with Gasteiger partial charge < -0.3 is 4.90 Å². The molecule has 6 nitrogen and oxygen atoms in total. The summed E-state index contributed by atoms with van der Waals surface area (Å²) in [7, 11) is 0. The highest BCUT2D eigenvalue weighted by molar-refractivity contribution is 6.23. The molecule has 1 aliphatic heterocycles. The molecule has 2 aromatic carbocycles. The number of imide groups is 1. The van der Waals surface area contributed by atoms with Crippen LogP contribution in [0, 0.1) is 17.1 Å². The SMILES string of the molecule is N#Cc1ccc(N2C(=O)CC(N(CCC3=CCCCC3)C(=O)c3ccc(F)cc3)C2=O)cc1. The number of benzene rings is 2. The molecule has 3 amide bonds. The smallest absolute Gasteiger partial charge is 0.257 e. The van der Waals surface area contributed by atoms with Crippen molar-refractivity contribution in [2.75, 3.05) is 11.4 Å². The molecule has 2 aromatic rings. The minimum absolute atomic E-state index is 0.120. The molecule has 1 atom stereocenters. The second-order valence-electron chi connectivity index (χ2n) is 8.31. The van der Waals surface area contributed by atoms with Crippen LogP contribution in [0.2, 0.25) is 0 Å². The van der Waals surface area contributed by atoms with E-state index in [4.69, 9.17) is 5.26 Å². The van der Waals surface area contributed by atoms with Crippen molar-refractivity contribution in [1.29, 1.82) is 5.26 Å². The summed E-state index contributed by atoms with van der Waals surface area (Å²) in [5.41, 5.74) is 2.31. The summed E-state index contributed by atoms with van der Waals surface area (Å²) >= 11 is 0. The van der Waals surface area contributed by atoms with Gasteiger partial charge in [-0.15, -0.1) is 0 Å². The van der Waals surface area contributed by atoms with E-state index in [1.165, 1.54) is 34.7 Å². The van der Waals surface area contributed by atoms with Gasteiger partial charge in [-0.2, -0.15) is 5.26 Å². The van der Waals surface area contributed by atoms with Crippen LogP contribution in [0.1, 0.15) is 54.4 Å². The minimum Gasteiger partial charge on any atom is -0.326 e. The van der Waals surface area contributed by atoms with E-state index in [0.717, 1.165) is 30.6 Å². The normalized spacial score (nSPS) is 18.1. The Kier molecular flexibility index (Phi) is 6.64. The quantitative estimate of drug-likeness (QED) is 0.489. The Morgan fingerprint density at radius 2 is 1.82 bits per heavy atom. The minimum atomic E-state index is -0.935. The molecule has 0 bridgehead atoms. The predicted molar refractivity (Wildman–Crippen MR) is 121 cm³/mol. The van der Waals surface area contributed by atoms with Crippen LogP contribution in [0.3, 0.4) is 0 Å². The zero-order valence-electron chi connectivity index (χ0n) is 18.2. The molecule has 0 spiro atoms. The summed E-state index contributed by atoms with van der Waals surface area (Å²) in [5.74, 6) is -1.73. The Balaban J connectivity index is 1.60. The number of halogens is 1. The van der Waals surface area contributed by atoms with Gasteiger partial charge in [0.25, 0.3) is 11.8 Å². The van der Waals surface area contributed by atoms with Gasteiger partial charge in [-0.05, 0) is 80.6 Å². The monoisotopic (exact) mass is 445 g/mol.